The molecule has 0 saturated carbocycles. The zero-order chi connectivity index (χ0) is 45.7. The lowest BCUT2D eigenvalue weighted by molar-refractivity contribution is 0.792. The summed E-state index contributed by atoms with van der Waals surface area (Å²) in [5.74, 6) is 1.82. The molecule has 5 aliphatic rings. The Morgan fingerprint density at radius 3 is 1.33 bits per heavy atom. The van der Waals surface area contributed by atoms with Gasteiger partial charge in [-0.3, -0.25) is 4.90 Å². The molecule has 1 aromatic heterocycles. The molecule has 11 aromatic rings. The van der Waals surface area contributed by atoms with Crippen molar-refractivity contribution in [1.82, 2.24) is 15.0 Å². The van der Waals surface area contributed by atoms with Gasteiger partial charge in [0.2, 0.25) is 5.95 Å². The Hall–Kier alpha value is -8.64. The Bertz CT molecular complexity index is 3990. The van der Waals surface area contributed by atoms with E-state index in [4.69, 9.17) is 15.0 Å². The number of aromatic nitrogens is 3. The molecule has 10 aromatic carbocycles. The molecule has 0 fully saturated rings. The zero-order valence-electron chi connectivity index (χ0n) is 37.6. The first-order valence-electron chi connectivity index (χ1n) is 24.0. The number of hydrogen-bond acceptors (Lipinski definition) is 5. The molecule has 0 unspecified atom stereocenters. The topological polar surface area (TPSA) is 41.9 Å². The number of para-hydroxylation sites is 1. The highest BCUT2D eigenvalue weighted by atomic mass is 32.2. The van der Waals surface area contributed by atoms with Crippen molar-refractivity contribution in [3.05, 3.63) is 275 Å². The molecule has 5 heteroatoms. The molecule has 0 amide bonds. The number of fused-ring (bicyclic) bond motifs is 23. The van der Waals surface area contributed by atoms with Crippen LogP contribution in [-0.4, -0.2) is 15.0 Å². The SMILES string of the molecule is c1ccc(-c2nc(-c3ccc4c(c3)-c3ccccc3C43c4ccccc4-c4ccccc43)nc(N3c4ccccc4Sc4c3ccc3c4-c4ccccc4C34c3ccccc3-c3ccccc34)n2)cc1. The third-order valence-electron chi connectivity index (χ3n) is 15.8. The summed E-state index contributed by atoms with van der Waals surface area (Å²) < 4.78 is 0. The summed E-state index contributed by atoms with van der Waals surface area (Å²) in [6, 6.07) is 84.6. The van der Waals surface area contributed by atoms with Gasteiger partial charge in [0.15, 0.2) is 11.6 Å². The van der Waals surface area contributed by atoms with Gasteiger partial charge in [-0.25, -0.2) is 4.98 Å². The molecule has 2 heterocycles. The first kappa shape index (κ1) is 38.3. The van der Waals surface area contributed by atoms with E-state index in [0.717, 1.165) is 27.4 Å². The lowest BCUT2D eigenvalue weighted by Crippen LogP contribution is -2.26. The minimum atomic E-state index is -0.454. The maximum absolute atomic E-state index is 5.56. The fraction of sp³-hybridized carbons (Fsp3) is 0.0308. The number of rotatable bonds is 3. The highest BCUT2D eigenvalue weighted by molar-refractivity contribution is 8.00. The summed E-state index contributed by atoms with van der Waals surface area (Å²) in [6.45, 7) is 0. The first-order chi connectivity index (χ1) is 34.7. The van der Waals surface area contributed by atoms with E-state index < -0.39 is 10.8 Å². The predicted molar refractivity (Wildman–Crippen MR) is 282 cm³/mol. The first-order valence-corrected chi connectivity index (χ1v) is 24.8. The maximum atomic E-state index is 5.56. The smallest absolute Gasteiger partial charge is 0.238 e. The third kappa shape index (κ3) is 4.75. The second-order valence-corrected chi connectivity index (χ2v) is 20.0. The van der Waals surface area contributed by atoms with Gasteiger partial charge in [-0.2, -0.15) is 9.97 Å². The van der Waals surface area contributed by atoms with Crippen LogP contribution in [0.5, 0.6) is 0 Å². The van der Waals surface area contributed by atoms with Crippen molar-refractivity contribution in [2.75, 3.05) is 4.90 Å². The van der Waals surface area contributed by atoms with Crippen molar-refractivity contribution >= 4 is 29.1 Å². The summed E-state index contributed by atoms with van der Waals surface area (Å²) in [6.07, 6.45) is 0. The Kier molecular flexibility index (Phi) is 7.65. The summed E-state index contributed by atoms with van der Waals surface area (Å²) in [5, 5.41) is 0. The number of nitrogens with zero attached hydrogens (tertiary/aromatic N) is 4. The van der Waals surface area contributed by atoms with Crippen LogP contribution in [0.15, 0.2) is 240 Å². The van der Waals surface area contributed by atoms with Crippen LogP contribution in [0.4, 0.5) is 17.3 Å². The normalized spacial score (nSPS) is 14.7. The van der Waals surface area contributed by atoms with E-state index in [9.17, 15) is 0 Å². The van der Waals surface area contributed by atoms with Gasteiger partial charge in [0.25, 0.3) is 0 Å². The zero-order valence-corrected chi connectivity index (χ0v) is 38.5. The van der Waals surface area contributed by atoms with Crippen molar-refractivity contribution in [3.8, 4) is 67.3 Å². The van der Waals surface area contributed by atoms with Crippen LogP contribution in [0, 0.1) is 0 Å². The average molecular weight is 907 g/mol. The van der Waals surface area contributed by atoms with E-state index >= 15 is 0 Å². The van der Waals surface area contributed by atoms with Crippen LogP contribution < -0.4 is 4.90 Å². The average Bonchev–Trinajstić information content (AvgIpc) is 4.12. The minimum Gasteiger partial charge on any atom is -0.277 e. The summed E-state index contributed by atoms with van der Waals surface area (Å²) in [4.78, 5) is 21.0. The fourth-order valence-electron chi connectivity index (χ4n) is 13.2. The van der Waals surface area contributed by atoms with Crippen LogP contribution in [-0.2, 0) is 10.8 Å². The molecule has 2 spiro atoms. The van der Waals surface area contributed by atoms with E-state index in [0.29, 0.717) is 17.6 Å². The van der Waals surface area contributed by atoms with Crippen molar-refractivity contribution < 1.29 is 0 Å². The van der Waals surface area contributed by atoms with Crippen LogP contribution in [0.1, 0.15) is 44.5 Å². The largest absolute Gasteiger partial charge is 0.277 e. The molecule has 0 saturated heterocycles. The number of anilines is 3. The Morgan fingerprint density at radius 2 is 0.743 bits per heavy atom. The quantitative estimate of drug-likeness (QED) is 0.177. The lowest BCUT2D eigenvalue weighted by Gasteiger charge is -2.34. The monoisotopic (exact) mass is 906 g/mol. The molecular weight excluding hydrogens is 869 g/mol. The van der Waals surface area contributed by atoms with Crippen molar-refractivity contribution in [2.45, 2.75) is 20.6 Å². The van der Waals surface area contributed by atoms with Gasteiger partial charge in [0, 0.05) is 26.5 Å². The highest BCUT2D eigenvalue weighted by Crippen LogP contribution is 2.67. The van der Waals surface area contributed by atoms with Gasteiger partial charge in [0.05, 0.1) is 22.2 Å². The van der Waals surface area contributed by atoms with Crippen LogP contribution in [0.25, 0.3) is 67.3 Å². The molecule has 0 bridgehead atoms. The van der Waals surface area contributed by atoms with Crippen LogP contribution in [0.3, 0.4) is 0 Å². The maximum Gasteiger partial charge on any atom is 0.238 e. The molecule has 4 aliphatic carbocycles. The molecule has 324 valence electrons. The van der Waals surface area contributed by atoms with Gasteiger partial charge in [-0.15, -0.1) is 0 Å². The van der Waals surface area contributed by atoms with E-state index in [1.54, 1.807) is 0 Å². The second-order valence-electron chi connectivity index (χ2n) is 18.9. The number of benzene rings is 10. The molecule has 4 nitrogen and oxygen atoms in total. The van der Waals surface area contributed by atoms with Gasteiger partial charge < -0.3 is 0 Å². The van der Waals surface area contributed by atoms with E-state index in [1.807, 2.05) is 17.8 Å². The molecule has 0 atom stereocenters. The van der Waals surface area contributed by atoms with Crippen molar-refractivity contribution in [3.63, 3.8) is 0 Å². The molecule has 16 rings (SSSR count). The predicted octanol–water partition coefficient (Wildman–Crippen LogP) is 15.8. The Morgan fingerprint density at radius 1 is 0.314 bits per heavy atom. The van der Waals surface area contributed by atoms with E-state index in [2.05, 4.69) is 229 Å². The van der Waals surface area contributed by atoms with Crippen molar-refractivity contribution in [1.29, 1.82) is 0 Å². The number of hydrogen-bond donors (Lipinski definition) is 0. The summed E-state index contributed by atoms with van der Waals surface area (Å²) in [5.41, 5.74) is 23.7. The molecule has 0 N–H and O–H groups in total. The summed E-state index contributed by atoms with van der Waals surface area (Å²) >= 11 is 1.85. The molecule has 0 radical (unpaired) electrons. The van der Waals surface area contributed by atoms with Crippen molar-refractivity contribution in [2.24, 2.45) is 0 Å². The minimum absolute atomic E-state index is 0.434. The fourth-order valence-corrected chi connectivity index (χ4v) is 14.4. The van der Waals surface area contributed by atoms with Gasteiger partial charge in [-0.1, -0.05) is 218 Å². The van der Waals surface area contributed by atoms with Crippen LogP contribution in [0.2, 0.25) is 0 Å². The Labute approximate surface area is 409 Å². The lowest BCUT2D eigenvalue weighted by atomic mass is 9.70. The Balaban J connectivity index is 0.925. The highest BCUT2D eigenvalue weighted by Gasteiger charge is 2.54. The van der Waals surface area contributed by atoms with Crippen LogP contribution >= 0.6 is 11.8 Å². The molecule has 1 aliphatic heterocycles. The van der Waals surface area contributed by atoms with Gasteiger partial charge >= 0.3 is 0 Å². The second kappa shape index (κ2) is 14.0. The molecular formula is C65H38N4S. The molecule has 70 heavy (non-hydrogen) atoms. The van der Waals surface area contributed by atoms with Gasteiger partial charge in [0.1, 0.15) is 0 Å². The summed E-state index contributed by atoms with van der Waals surface area (Å²) in [7, 11) is 0. The van der Waals surface area contributed by atoms with E-state index in [-0.39, 0.29) is 0 Å². The third-order valence-corrected chi connectivity index (χ3v) is 16.9. The van der Waals surface area contributed by atoms with Gasteiger partial charge in [-0.05, 0) is 108 Å². The van der Waals surface area contributed by atoms with E-state index in [1.165, 1.54) is 93.9 Å². The standard InChI is InChI=1S/C65H38N4S/c1-2-18-39(19-3-1)61-66-62(40-34-35-54-47(38-40)45-24-8-14-30-52(45)64(54)48-26-10-4-20-41(48)42-21-5-11-27-49(42)64)68-63(67-61)69-56-32-16-17-33-58(56)70-60-57(69)37-36-55-59(60)46-25-9-15-31-53(46)65(55)50-28-12-6-22-43(50)44-23-7-13-29-51(44)65/h1-38H.